The van der Waals surface area contributed by atoms with Crippen LogP contribution in [0.3, 0.4) is 0 Å². The average Bonchev–Trinajstić information content (AvgIpc) is 2.72. The second kappa shape index (κ2) is 8.33. The number of hydrogen-bond acceptors (Lipinski definition) is 5. The third kappa shape index (κ3) is 4.05. The normalized spacial score (nSPS) is 23.6. The molecule has 0 saturated carbocycles. The molecule has 1 fully saturated rings. The second-order valence-corrected chi connectivity index (χ2v) is 7.60. The van der Waals surface area contributed by atoms with Gasteiger partial charge in [0.25, 0.3) is 0 Å². The molecule has 0 radical (unpaired) electrons. The number of rotatable bonds is 5. The van der Waals surface area contributed by atoms with E-state index in [1.807, 2.05) is 55.5 Å². The molecule has 5 heteroatoms. The van der Waals surface area contributed by atoms with Crippen molar-refractivity contribution in [2.24, 2.45) is 5.92 Å². The molecular formula is C23H27NO4. The van der Waals surface area contributed by atoms with E-state index in [1.54, 1.807) is 0 Å². The molecule has 28 heavy (non-hydrogen) atoms. The summed E-state index contributed by atoms with van der Waals surface area (Å²) in [6, 6.07) is 15.9. The fourth-order valence-corrected chi connectivity index (χ4v) is 3.95. The van der Waals surface area contributed by atoms with Crippen LogP contribution in [0, 0.1) is 5.92 Å². The third-order valence-corrected chi connectivity index (χ3v) is 5.73. The molecule has 2 aliphatic rings. The summed E-state index contributed by atoms with van der Waals surface area (Å²) in [5.74, 6) is 1.13. The lowest BCUT2D eigenvalue weighted by Crippen LogP contribution is -2.44. The number of nitrogens with zero attached hydrogens (tertiary/aromatic N) is 1. The zero-order valence-electron chi connectivity index (χ0n) is 16.5. The molecule has 0 N–H and O–H groups in total. The van der Waals surface area contributed by atoms with Crippen molar-refractivity contribution in [2.45, 2.75) is 25.9 Å². The first-order valence-electron chi connectivity index (χ1n) is 9.99. The maximum atomic E-state index is 12.7. The number of esters is 1. The van der Waals surface area contributed by atoms with Gasteiger partial charge in [-0.3, -0.25) is 9.69 Å². The molecule has 3 unspecified atom stereocenters. The summed E-state index contributed by atoms with van der Waals surface area (Å²) >= 11 is 0. The number of morpholine rings is 1. The lowest BCUT2D eigenvalue weighted by Gasteiger charge is -2.35. The van der Waals surface area contributed by atoms with Crippen LogP contribution in [-0.2, 0) is 9.53 Å². The highest BCUT2D eigenvalue weighted by Gasteiger charge is 2.36. The SMILES string of the molecule is CC(Oc1ccc2c(c1)OC(=O)C(CN1CCOCC1)C2C)c1ccccc1. The molecule has 4 rings (SSSR count). The maximum Gasteiger partial charge on any atom is 0.316 e. The molecule has 148 valence electrons. The second-order valence-electron chi connectivity index (χ2n) is 7.60. The molecule has 2 aromatic carbocycles. The molecule has 0 amide bonds. The van der Waals surface area contributed by atoms with Gasteiger partial charge in [0.2, 0.25) is 0 Å². The minimum absolute atomic E-state index is 0.0787. The number of fused-ring (bicyclic) bond motifs is 1. The fourth-order valence-electron chi connectivity index (χ4n) is 3.95. The van der Waals surface area contributed by atoms with Crippen molar-refractivity contribution in [1.82, 2.24) is 4.90 Å². The standard InChI is InChI=1S/C23H27NO4/c1-16-20-9-8-19(27-17(2)18-6-4-3-5-7-18)14-22(20)28-23(25)21(16)15-24-10-12-26-13-11-24/h3-9,14,16-17,21H,10-13,15H2,1-2H3. The number of benzene rings is 2. The molecule has 2 aliphatic heterocycles. The molecule has 0 aliphatic carbocycles. The van der Waals surface area contributed by atoms with Crippen LogP contribution in [-0.4, -0.2) is 43.7 Å². The van der Waals surface area contributed by atoms with Gasteiger partial charge in [0.05, 0.1) is 19.1 Å². The van der Waals surface area contributed by atoms with Crippen LogP contribution in [0.5, 0.6) is 11.5 Å². The van der Waals surface area contributed by atoms with Crippen molar-refractivity contribution in [3.8, 4) is 11.5 Å². The Morgan fingerprint density at radius 1 is 1.14 bits per heavy atom. The zero-order chi connectivity index (χ0) is 19.5. The smallest absolute Gasteiger partial charge is 0.316 e. The Hall–Kier alpha value is -2.37. The van der Waals surface area contributed by atoms with Crippen molar-refractivity contribution >= 4 is 5.97 Å². The molecule has 0 bridgehead atoms. The molecular weight excluding hydrogens is 354 g/mol. The van der Waals surface area contributed by atoms with Crippen molar-refractivity contribution in [3.05, 3.63) is 59.7 Å². The molecule has 1 saturated heterocycles. The minimum atomic E-state index is -0.153. The Balaban J connectivity index is 1.47. The molecule has 0 spiro atoms. The van der Waals surface area contributed by atoms with E-state index in [9.17, 15) is 4.79 Å². The monoisotopic (exact) mass is 381 g/mol. The largest absolute Gasteiger partial charge is 0.486 e. The quantitative estimate of drug-likeness (QED) is 0.582. The van der Waals surface area contributed by atoms with E-state index in [0.717, 1.165) is 37.4 Å². The van der Waals surface area contributed by atoms with Gasteiger partial charge in [-0.25, -0.2) is 0 Å². The highest BCUT2D eigenvalue weighted by Crippen LogP contribution is 2.40. The zero-order valence-corrected chi connectivity index (χ0v) is 16.5. The van der Waals surface area contributed by atoms with Gasteiger partial charge in [-0.05, 0) is 30.0 Å². The predicted octanol–water partition coefficient (Wildman–Crippen LogP) is 3.80. The van der Waals surface area contributed by atoms with Gasteiger partial charge in [0.15, 0.2) is 0 Å². The fraction of sp³-hybridized carbons (Fsp3) is 0.435. The first-order chi connectivity index (χ1) is 13.6. The summed E-state index contributed by atoms with van der Waals surface area (Å²) in [4.78, 5) is 15.0. The van der Waals surface area contributed by atoms with E-state index < -0.39 is 0 Å². The van der Waals surface area contributed by atoms with E-state index in [-0.39, 0.29) is 23.9 Å². The number of carbonyl (C=O) groups is 1. The Bertz CT molecular complexity index is 817. The van der Waals surface area contributed by atoms with Crippen molar-refractivity contribution in [2.75, 3.05) is 32.8 Å². The van der Waals surface area contributed by atoms with Gasteiger partial charge in [-0.2, -0.15) is 0 Å². The van der Waals surface area contributed by atoms with Gasteiger partial charge in [0.1, 0.15) is 17.6 Å². The van der Waals surface area contributed by atoms with E-state index in [2.05, 4.69) is 11.8 Å². The minimum Gasteiger partial charge on any atom is -0.486 e. The first kappa shape index (κ1) is 19.0. The van der Waals surface area contributed by atoms with Crippen LogP contribution >= 0.6 is 0 Å². The summed E-state index contributed by atoms with van der Waals surface area (Å²) in [5.41, 5.74) is 2.17. The van der Waals surface area contributed by atoms with E-state index in [1.165, 1.54) is 0 Å². The van der Waals surface area contributed by atoms with Crippen LogP contribution in [0.2, 0.25) is 0 Å². The summed E-state index contributed by atoms with van der Waals surface area (Å²) in [6.07, 6.45) is -0.0787. The molecule has 2 heterocycles. The van der Waals surface area contributed by atoms with Crippen molar-refractivity contribution < 1.29 is 19.0 Å². The summed E-state index contributed by atoms with van der Waals surface area (Å²) in [6.45, 7) is 8.03. The molecule has 0 aromatic heterocycles. The highest BCUT2D eigenvalue weighted by atomic mass is 16.5. The highest BCUT2D eigenvalue weighted by molar-refractivity contribution is 5.79. The van der Waals surface area contributed by atoms with Crippen LogP contribution in [0.1, 0.15) is 37.0 Å². The Morgan fingerprint density at radius 2 is 1.89 bits per heavy atom. The van der Waals surface area contributed by atoms with Gasteiger partial charge in [-0.1, -0.05) is 43.3 Å². The first-order valence-corrected chi connectivity index (χ1v) is 9.99. The molecule has 5 nitrogen and oxygen atoms in total. The van der Waals surface area contributed by atoms with E-state index in [4.69, 9.17) is 14.2 Å². The molecule has 3 atom stereocenters. The average molecular weight is 381 g/mol. The number of hydrogen-bond donors (Lipinski definition) is 0. The maximum absolute atomic E-state index is 12.7. The van der Waals surface area contributed by atoms with Gasteiger partial charge < -0.3 is 14.2 Å². The van der Waals surface area contributed by atoms with Crippen LogP contribution in [0.15, 0.2) is 48.5 Å². The van der Waals surface area contributed by atoms with E-state index in [0.29, 0.717) is 18.0 Å². The topological polar surface area (TPSA) is 48.0 Å². The molecule has 2 aromatic rings. The van der Waals surface area contributed by atoms with Crippen molar-refractivity contribution in [3.63, 3.8) is 0 Å². The predicted molar refractivity (Wildman–Crippen MR) is 107 cm³/mol. The van der Waals surface area contributed by atoms with Gasteiger partial charge in [-0.15, -0.1) is 0 Å². The van der Waals surface area contributed by atoms with Crippen LogP contribution in [0.25, 0.3) is 0 Å². The Labute approximate surface area is 166 Å². The third-order valence-electron chi connectivity index (χ3n) is 5.73. The Kier molecular flexibility index (Phi) is 5.64. The summed E-state index contributed by atoms with van der Waals surface area (Å²) in [5, 5.41) is 0. The van der Waals surface area contributed by atoms with E-state index >= 15 is 0 Å². The van der Waals surface area contributed by atoms with Crippen LogP contribution < -0.4 is 9.47 Å². The van der Waals surface area contributed by atoms with Gasteiger partial charge in [0, 0.05) is 25.7 Å². The summed E-state index contributed by atoms with van der Waals surface area (Å²) < 4.78 is 17.2. The van der Waals surface area contributed by atoms with Crippen molar-refractivity contribution in [1.29, 1.82) is 0 Å². The summed E-state index contributed by atoms with van der Waals surface area (Å²) in [7, 11) is 0. The lowest BCUT2D eigenvalue weighted by molar-refractivity contribution is -0.142. The number of carbonyl (C=O) groups excluding carboxylic acids is 1. The number of ether oxygens (including phenoxy) is 3. The van der Waals surface area contributed by atoms with Crippen LogP contribution in [0.4, 0.5) is 0 Å². The lowest BCUT2D eigenvalue weighted by atomic mass is 9.84. The Morgan fingerprint density at radius 3 is 2.64 bits per heavy atom. The van der Waals surface area contributed by atoms with Gasteiger partial charge >= 0.3 is 5.97 Å².